The lowest BCUT2D eigenvalue weighted by Gasteiger charge is -2.13. The number of hydrogen-bond donors (Lipinski definition) is 2. The molecule has 0 radical (unpaired) electrons. The summed E-state index contributed by atoms with van der Waals surface area (Å²) in [5, 5.41) is 11.2. The Kier molecular flexibility index (Phi) is 5.03. The Balaban J connectivity index is 2.89. The summed E-state index contributed by atoms with van der Waals surface area (Å²) in [6.07, 6.45) is 0.536. The highest BCUT2D eigenvalue weighted by Crippen LogP contribution is 2.31. The number of carboxylic acid groups (broad SMARTS) is 1. The number of anilines is 1. The Morgan fingerprint density at radius 3 is 2.59 bits per heavy atom. The first-order chi connectivity index (χ1) is 8.04. The van der Waals surface area contributed by atoms with Gasteiger partial charge < -0.3 is 10.4 Å². The van der Waals surface area contributed by atoms with E-state index in [1.54, 1.807) is 12.1 Å². The van der Waals surface area contributed by atoms with Gasteiger partial charge in [0.1, 0.15) is 5.25 Å². The second-order valence-corrected chi connectivity index (χ2v) is 4.77. The van der Waals surface area contributed by atoms with Gasteiger partial charge in [-0.2, -0.15) is 0 Å². The molecule has 2 N–H and O–H groups in total. The minimum Gasteiger partial charge on any atom is -0.480 e. The SMILES string of the molecule is CC[C@H](Sc1ccccc1NC(C)=O)C(=O)O. The highest BCUT2D eigenvalue weighted by atomic mass is 32.2. The molecule has 0 aliphatic carbocycles. The normalized spacial score (nSPS) is 11.9. The summed E-state index contributed by atoms with van der Waals surface area (Å²) in [6, 6.07) is 7.19. The highest BCUT2D eigenvalue weighted by molar-refractivity contribution is 8.00. The first kappa shape index (κ1) is 13.6. The van der Waals surface area contributed by atoms with Crippen LogP contribution in [0.4, 0.5) is 5.69 Å². The van der Waals surface area contributed by atoms with Crippen molar-refractivity contribution < 1.29 is 14.7 Å². The third kappa shape index (κ3) is 4.11. The van der Waals surface area contributed by atoms with Gasteiger partial charge in [0.2, 0.25) is 5.91 Å². The fraction of sp³-hybridized carbons (Fsp3) is 0.333. The van der Waals surface area contributed by atoms with E-state index in [0.717, 1.165) is 4.90 Å². The number of benzene rings is 1. The third-order valence-corrected chi connectivity index (χ3v) is 3.54. The second kappa shape index (κ2) is 6.30. The Morgan fingerprint density at radius 2 is 2.06 bits per heavy atom. The lowest BCUT2D eigenvalue weighted by atomic mass is 10.3. The Morgan fingerprint density at radius 1 is 1.41 bits per heavy atom. The number of hydrogen-bond acceptors (Lipinski definition) is 3. The summed E-state index contributed by atoms with van der Waals surface area (Å²) in [4.78, 5) is 22.8. The van der Waals surface area contributed by atoms with E-state index >= 15 is 0 Å². The first-order valence-electron chi connectivity index (χ1n) is 5.30. The number of rotatable bonds is 5. The van der Waals surface area contributed by atoms with Crippen molar-refractivity contribution in [2.45, 2.75) is 30.4 Å². The van der Waals surface area contributed by atoms with Crippen molar-refractivity contribution in [1.82, 2.24) is 0 Å². The summed E-state index contributed by atoms with van der Waals surface area (Å²) in [5.41, 5.74) is 0.657. The number of carbonyl (C=O) groups is 2. The van der Waals surface area contributed by atoms with E-state index in [0.29, 0.717) is 12.1 Å². The zero-order valence-corrected chi connectivity index (χ0v) is 10.6. The van der Waals surface area contributed by atoms with Crippen molar-refractivity contribution in [2.75, 3.05) is 5.32 Å². The van der Waals surface area contributed by atoms with Crippen LogP contribution in [0.3, 0.4) is 0 Å². The number of carboxylic acids is 1. The second-order valence-electron chi connectivity index (χ2n) is 3.53. The molecule has 0 heterocycles. The zero-order chi connectivity index (χ0) is 12.8. The maximum atomic E-state index is 11.0. The molecule has 5 heteroatoms. The minimum atomic E-state index is -0.838. The van der Waals surface area contributed by atoms with Gasteiger partial charge in [0, 0.05) is 11.8 Å². The van der Waals surface area contributed by atoms with Crippen LogP contribution >= 0.6 is 11.8 Å². The summed E-state index contributed by atoms with van der Waals surface area (Å²) >= 11 is 1.25. The van der Waals surface area contributed by atoms with Crippen molar-refractivity contribution in [3.05, 3.63) is 24.3 Å². The molecule has 17 heavy (non-hydrogen) atoms. The van der Waals surface area contributed by atoms with Gasteiger partial charge in [-0.1, -0.05) is 19.1 Å². The van der Waals surface area contributed by atoms with Crippen LogP contribution in [0.5, 0.6) is 0 Å². The van der Waals surface area contributed by atoms with Crippen LogP contribution in [0.2, 0.25) is 0 Å². The quantitative estimate of drug-likeness (QED) is 0.792. The molecule has 1 aromatic rings. The molecule has 1 amide bonds. The number of aliphatic carboxylic acids is 1. The third-order valence-electron chi connectivity index (χ3n) is 2.11. The molecule has 0 aromatic heterocycles. The van der Waals surface area contributed by atoms with E-state index < -0.39 is 11.2 Å². The number of carbonyl (C=O) groups excluding carboxylic acids is 1. The molecule has 0 spiro atoms. The van der Waals surface area contributed by atoms with Crippen molar-refractivity contribution in [2.24, 2.45) is 0 Å². The first-order valence-corrected chi connectivity index (χ1v) is 6.18. The molecule has 1 aromatic carbocycles. The van der Waals surface area contributed by atoms with E-state index in [1.807, 2.05) is 19.1 Å². The van der Waals surface area contributed by atoms with E-state index in [4.69, 9.17) is 5.11 Å². The molecule has 0 aliphatic heterocycles. The smallest absolute Gasteiger partial charge is 0.316 e. The lowest BCUT2D eigenvalue weighted by molar-refractivity contribution is -0.136. The summed E-state index contributed by atoms with van der Waals surface area (Å²) in [7, 11) is 0. The van der Waals surface area contributed by atoms with Crippen LogP contribution in [0.25, 0.3) is 0 Å². The monoisotopic (exact) mass is 253 g/mol. The van der Waals surface area contributed by atoms with Crippen LogP contribution in [0, 0.1) is 0 Å². The van der Waals surface area contributed by atoms with Gasteiger partial charge in [0.25, 0.3) is 0 Å². The van der Waals surface area contributed by atoms with Crippen LogP contribution in [-0.4, -0.2) is 22.2 Å². The van der Waals surface area contributed by atoms with Gasteiger partial charge in [-0.05, 0) is 18.6 Å². The van der Waals surface area contributed by atoms with E-state index in [9.17, 15) is 9.59 Å². The van der Waals surface area contributed by atoms with Gasteiger partial charge in [-0.25, -0.2) is 0 Å². The predicted octanol–water partition coefficient (Wildman–Crippen LogP) is 2.60. The largest absolute Gasteiger partial charge is 0.480 e. The van der Waals surface area contributed by atoms with Crippen molar-refractivity contribution in [1.29, 1.82) is 0 Å². The van der Waals surface area contributed by atoms with E-state index in [2.05, 4.69) is 5.32 Å². The number of para-hydroxylation sites is 1. The van der Waals surface area contributed by atoms with Crippen molar-refractivity contribution in [3.63, 3.8) is 0 Å². The minimum absolute atomic E-state index is 0.165. The van der Waals surface area contributed by atoms with Crippen LogP contribution in [0.1, 0.15) is 20.3 Å². The maximum absolute atomic E-state index is 11.0. The van der Waals surface area contributed by atoms with Gasteiger partial charge in [-0.15, -0.1) is 11.8 Å². The van der Waals surface area contributed by atoms with Crippen LogP contribution in [0.15, 0.2) is 29.2 Å². The standard InChI is InChI=1S/C12H15NO3S/c1-3-10(12(15)16)17-11-7-5-4-6-9(11)13-8(2)14/h4-7,10H,3H2,1-2H3,(H,13,14)(H,15,16)/t10-/m0/s1. The molecule has 0 saturated carbocycles. The maximum Gasteiger partial charge on any atom is 0.316 e. The fourth-order valence-electron chi connectivity index (χ4n) is 1.32. The van der Waals surface area contributed by atoms with Gasteiger partial charge in [0.05, 0.1) is 5.69 Å². The Hall–Kier alpha value is -1.49. The van der Waals surface area contributed by atoms with E-state index in [-0.39, 0.29) is 5.91 Å². The van der Waals surface area contributed by atoms with Gasteiger partial charge in [0.15, 0.2) is 0 Å². The van der Waals surface area contributed by atoms with Crippen LogP contribution < -0.4 is 5.32 Å². The molecule has 1 rings (SSSR count). The van der Waals surface area contributed by atoms with Gasteiger partial charge >= 0.3 is 5.97 Å². The summed E-state index contributed by atoms with van der Waals surface area (Å²) in [5.74, 6) is -1.00. The fourth-order valence-corrected chi connectivity index (χ4v) is 2.30. The molecular weight excluding hydrogens is 238 g/mol. The molecule has 1 atom stereocenters. The molecule has 0 unspecified atom stereocenters. The molecule has 92 valence electrons. The topological polar surface area (TPSA) is 66.4 Å². The number of nitrogens with one attached hydrogen (secondary N) is 1. The number of thioether (sulfide) groups is 1. The van der Waals surface area contributed by atoms with Crippen LogP contribution in [-0.2, 0) is 9.59 Å². The molecule has 0 aliphatic rings. The highest BCUT2D eigenvalue weighted by Gasteiger charge is 2.18. The molecular formula is C12H15NO3S. The van der Waals surface area contributed by atoms with Gasteiger partial charge in [-0.3, -0.25) is 9.59 Å². The summed E-state index contributed by atoms with van der Waals surface area (Å²) < 4.78 is 0. The Labute approximate surface area is 104 Å². The zero-order valence-electron chi connectivity index (χ0n) is 9.77. The van der Waals surface area contributed by atoms with Crippen molar-refractivity contribution in [3.8, 4) is 0 Å². The molecule has 0 fully saturated rings. The summed E-state index contributed by atoms with van der Waals surface area (Å²) in [6.45, 7) is 3.25. The number of amides is 1. The predicted molar refractivity (Wildman–Crippen MR) is 68.3 cm³/mol. The molecule has 4 nitrogen and oxygen atoms in total. The molecule has 0 bridgehead atoms. The molecule has 0 saturated heterocycles. The lowest BCUT2D eigenvalue weighted by Crippen LogP contribution is -2.15. The van der Waals surface area contributed by atoms with E-state index in [1.165, 1.54) is 18.7 Å². The average molecular weight is 253 g/mol. The van der Waals surface area contributed by atoms with Crippen molar-refractivity contribution >= 4 is 29.3 Å². The average Bonchev–Trinajstić information content (AvgIpc) is 2.26. The Bertz CT molecular complexity index is 420.